The predicted octanol–water partition coefficient (Wildman–Crippen LogP) is 3.50. The minimum atomic E-state index is -4.62. The summed E-state index contributed by atoms with van der Waals surface area (Å²) >= 11 is 5.47. The molecule has 1 aromatic rings. The van der Waals surface area contributed by atoms with Crippen LogP contribution in [0.25, 0.3) is 0 Å². The Hall–Kier alpha value is -1.76. The molecule has 1 saturated carbocycles. The molecule has 0 unspecified atom stereocenters. The van der Waals surface area contributed by atoms with Gasteiger partial charge >= 0.3 is 12.1 Å². The minimum Gasteiger partial charge on any atom is -0.455 e. The van der Waals surface area contributed by atoms with Crippen molar-refractivity contribution in [3.05, 3.63) is 28.8 Å². The third-order valence-electron chi connectivity index (χ3n) is 3.31. The number of nitrogens with one attached hydrogen (secondary N) is 1. The normalized spacial score (nSPS) is 20.4. The lowest BCUT2D eigenvalue weighted by molar-refractivity contribution is -0.148. The summed E-state index contributed by atoms with van der Waals surface area (Å²) in [5.41, 5.74) is -1.12. The van der Waals surface area contributed by atoms with Gasteiger partial charge in [0.25, 0.3) is 5.91 Å². The van der Waals surface area contributed by atoms with Gasteiger partial charge in [0.2, 0.25) is 0 Å². The molecule has 1 aromatic carbocycles. The molecule has 1 fully saturated rings. The van der Waals surface area contributed by atoms with Crippen LogP contribution in [-0.4, -0.2) is 18.5 Å². The van der Waals surface area contributed by atoms with Gasteiger partial charge in [0.1, 0.15) is 0 Å². The van der Waals surface area contributed by atoms with Gasteiger partial charge < -0.3 is 10.1 Å². The van der Waals surface area contributed by atoms with Gasteiger partial charge in [-0.15, -0.1) is 0 Å². The number of rotatable bonds is 4. The molecular weight excluding hydrogens is 323 g/mol. The fourth-order valence-electron chi connectivity index (χ4n) is 1.91. The van der Waals surface area contributed by atoms with Crippen molar-refractivity contribution >= 4 is 29.2 Å². The van der Waals surface area contributed by atoms with Crippen molar-refractivity contribution < 1.29 is 27.5 Å². The largest absolute Gasteiger partial charge is 0.455 e. The summed E-state index contributed by atoms with van der Waals surface area (Å²) in [4.78, 5) is 23.0. The van der Waals surface area contributed by atoms with Crippen LogP contribution in [0.1, 0.15) is 18.9 Å². The van der Waals surface area contributed by atoms with E-state index in [1.807, 2.05) is 6.92 Å². The SMILES string of the molecule is C[C@@H]1C[C@H]1C(=O)OCC(=O)Nc1ccc(Cl)c(C(F)(F)F)c1. The van der Waals surface area contributed by atoms with Gasteiger partial charge in [0, 0.05) is 5.69 Å². The van der Waals surface area contributed by atoms with Crippen LogP contribution in [-0.2, 0) is 20.5 Å². The number of hydrogen-bond acceptors (Lipinski definition) is 3. The Kier molecular flexibility index (Phi) is 4.65. The maximum Gasteiger partial charge on any atom is 0.417 e. The van der Waals surface area contributed by atoms with Crippen molar-refractivity contribution in [2.24, 2.45) is 11.8 Å². The van der Waals surface area contributed by atoms with Gasteiger partial charge in [0.05, 0.1) is 16.5 Å². The monoisotopic (exact) mass is 335 g/mol. The molecule has 1 N–H and O–H groups in total. The Morgan fingerprint density at radius 2 is 2.05 bits per heavy atom. The lowest BCUT2D eigenvalue weighted by Crippen LogP contribution is -2.22. The van der Waals surface area contributed by atoms with Crippen molar-refractivity contribution in [2.75, 3.05) is 11.9 Å². The molecule has 4 nitrogen and oxygen atoms in total. The lowest BCUT2D eigenvalue weighted by Gasteiger charge is -2.12. The van der Waals surface area contributed by atoms with Crippen molar-refractivity contribution in [3.63, 3.8) is 0 Å². The molecule has 1 aliphatic rings. The van der Waals surface area contributed by atoms with Crippen molar-refractivity contribution in [1.82, 2.24) is 0 Å². The molecule has 0 spiro atoms. The summed E-state index contributed by atoms with van der Waals surface area (Å²) in [6.45, 7) is 1.35. The maximum atomic E-state index is 12.7. The highest BCUT2D eigenvalue weighted by atomic mass is 35.5. The first-order chi connectivity index (χ1) is 10.2. The number of benzene rings is 1. The fourth-order valence-corrected chi connectivity index (χ4v) is 2.14. The third kappa shape index (κ3) is 4.13. The summed E-state index contributed by atoms with van der Waals surface area (Å²) in [7, 11) is 0. The Morgan fingerprint density at radius 1 is 1.41 bits per heavy atom. The topological polar surface area (TPSA) is 55.4 Å². The van der Waals surface area contributed by atoms with Crippen LogP contribution >= 0.6 is 11.6 Å². The third-order valence-corrected chi connectivity index (χ3v) is 3.64. The highest BCUT2D eigenvalue weighted by molar-refractivity contribution is 6.31. The van der Waals surface area contributed by atoms with Crippen LogP contribution in [0.3, 0.4) is 0 Å². The van der Waals surface area contributed by atoms with Gasteiger partial charge in [-0.1, -0.05) is 18.5 Å². The first-order valence-electron chi connectivity index (χ1n) is 6.51. The second-order valence-corrected chi connectivity index (χ2v) is 5.57. The molecule has 1 aliphatic carbocycles. The Bertz CT molecular complexity index is 603. The van der Waals surface area contributed by atoms with E-state index in [0.29, 0.717) is 0 Å². The number of halogens is 4. The van der Waals surface area contributed by atoms with Crippen LogP contribution in [0.5, 0.6) is 0 Å². The average molecular weight is 336 g/mol. The van der Waals surface area contributed by atoms with E-state index in [4.69, 9.17) is 16.3 Å². The second-order valence-electron chi connectivity index (χ2n) is 5.17. The van der Waals surface area contributed by atoms with E-state index in [2.05, 4.69) is 5.32 Å². The Balaban J connectivity index is 1.93. The molecule has 0 radical (unpaired) electrons. The van der Waals surface area contributed by atoms with E-state index in [0.717, 1.165) is 18.6 Å². The smallest absolute Gasteiger partial charge is 0.417 e. The number of alkyl halides is 3. The summed E-state index contributed by atoms with van der Waals surface area (Å²) in [5.74, 6) is -1.10. The quantitative estimate of drug-likeness (QED) is 0.857. The number of amides is 1. The van der Waals surface area contributed by atoms with Crippen LogP contribution in [0.15, 0.2) is 18.2 Å². The number of carbonyl (C=O) groups is 2. The van der Waals surface area contributed by atoms with E-state index >= 15 is 0 Å². The Labute approximate surface area is 129 Å². The van der Waals surface area contributed by atoms with E-state index in [9.17, 15) is 22.8 Å². The number of hydrogen-bond donors (Lipinski definition) is 1. The summed E-state index contributed by atoms with van der Waals surface area (Å²) in [6, 6.07) is 3.00. The van der Waals surface area contributed by atoms with Crippen LogP contribution in [0, 0.1) is 11.8 Å². The highest BCUT2D eigenvalue weighted by Gasteiger charge is 2.40. The molecule has 2 rings (SSSR count). The summed E-state index contributed by atoms with van der Waals surface area (Å²) < 4.78 is 42.9. The van der Waals surface area contributed by atoms with Crippen molar-refractivity contribution in [3.8, 4) is 0 Å². The molecule has 0 saturated heterocycles. The van der Waals surface area contributed by atoms with E-state index < -0.39 is 35.2 Å². The number of carbonyl (C=O) groups excluding carboxylic acids is 2. The molecule has 0 heterocycles. The van der Waals surface area contributed by atoms with Gasteiger partial charge in [0.15, 0.2) is 6.61 Å². The predicted molar refractivity (Wildman–Crippen MR) is 73.3 cm³/mol. The molecule has 0 aliphatic heterocycles. The minimum absolute atomic E-state index is 0.0717. The highest BCUT2D eigenvalue weighted by Crippen LogP contribution is 2.38. The van der Waals surface area contributed by atoms with Gasteiger partial charge in [-0.25, -0.2) is 0 Å². The van der Waals surface area contributed by atoms with Crippen LogP contribution < -0.4 is 5.32 Å². The number of anilines is 1. The molecule has 0 aromatic heterocycles. The number of esters is 1. The van der Waals surface area contributed by atoms with Crippen molar-refractivity contribution in [1.29, 1.82) is 0 Å². The van der Waals surface area contributed by atoms with Gasteiger partial charge in [-0.3, -0.25) is 9.59 Å². The first-order valence-corrected chi connectivity index (χ1v) is 6.89. The van der Waals surface area contributed by atoms with Gasteiger partial charge in [-0.05, 0) is 30.5 Å². The zero-order chi connectivity index (χ0) is 16.5. The van der Waals surface area contributed by atoms with Crippen molar-refractivity contribution in [2.45, 2.75) is 19.5 Å². The number of ether oxygens (including phenoxy) is 1. The zero-order valence-corrected chi connectivity index (χ0v) is 12.3. The summed E-state index contributed by atoms with van der Waals surface area (Å²) in [5, 5.41) is 1.77. The standard InChI is InChI=1S/C14H13ClF3NO3/c1-7-4-9(7)13(21)22-6-12(20)19-8-2-3-11(15)10(5-8)14(16,17)18/h2-3,5,7,9H,4,6H2,1H3,(H,19,20)/t7-,9-/m1/s1. The lowest BCUT2D eigenvalue weighted by atomic mass is 10.2. The van der Waals surface area contributed by atoms with Crippen LogP contribution in [0.4, 0.5) is 18.9 Å². The second kappa shape index (κ2) is 6.16. The van der Waals surface area contributed by atoms with E-state index in [-0.39, 0.29) is 17.5 Å². The maximum absolute atomic E-state index is 12.7. The average Bonchev–Trinajstić information content (AvgIpc) is 3.14. The molecule has 8 heteroatoms. The van der Waals surface area contributed by atoms with Crippen LogP contribution in [0.2, 0.25) is 5.02 Å². The Morgan fingerprint density at radius 3 is 2.59 bits per heavy atom. The molecule has 2 atom stereocenters. The van der Waals surface area contributed by atoms with Gasteiger partial charge in [-0.2, -0.15) is 13.2 Å². The molecule has 1 amide bonds. The fraction of sp³-hybridized carbons (Fsp3) is 0.429. The zero-order valence-electron chi connectivity index (χ0n) is 11.5. The first kappa shape index (κ1) is 16.6. The van der Waals surface area contributed by atoms with E-state index in [1.54, 1.807) is 0 Å². The van der Waals surface area contributed by atoms with E-state index in [1.165, 1.54) is 6.07 Å². The molecular formula is C14H13ClF3NO3. The molecule has 22 heavy (non-hydrogen) atoms. The summed E-state index contributed by atoms with van der Waals surface area (Å²) in [6.07, 6.45) is -3.89. The molecule has 120 valence electrons. The molecule has 0 bridgehead atoms.